The largest absolute Gasteiger partial charge is 0.416 e. The van der Waals surface area contributed by atoms with E-state index in [-0.39, 0.29) is 5.69 Å². The predicted octanol–water partition coefficient (Wildman–Crippen LogP) is 3.52. The van der Waals surface area contributed by atoms with Crippen LogP contribution in [0.1, 0.15) is 25.8 Å². The second-order valence-electron chi connectivity index (χ2n) is 5.49. The van der Waals surface area contributed by atoms with Gasteiger partial charge in [0, 0.05) is 19.4 Å². The highest BCUT2D eigenvalue weighted by Crippen LogP contribution is 2.34. The molecular weight excluding hydrogens is 323 g/mol. The number of urea groups is 1. The summed E-state index contributed by atoms with van der Waals surface area (Å²) in [6, 6.07) is 4.14. The molecule has 1 aromatic rings. The second kappa shape index (κ2) is 6.72. The van der Waals surface area contributed by atoms with Crippen molar-refractivity contribution in [3.8, 4) is 0 Å². The van der Waals surface area contributed by atoms with Gasteiger partial charge in [0.25, 0.3) is 0 Å². The van der Waals surface area contributed by atoms with Crippen molar-refractivity contribution in [2.75, 3.05) is 18.6 Å². The summed E-state index contributed by atoms with van der Waals surface area (Å²) in [4.78, 5) is 15.4. The zero-order valence-corrected chi connectivity index (χ0v) is 13.7. The molecule has 0 aliphatic carbocycles. The summed E-state index contributed by atoms with van der Waals surface area (Å²) in [5.74, 6) is 0. The predicted molar refractivity (Wildman–Crippen MR) is 84.0 cm³/mol. The lowest BCUT2D eigenvalue weighted by molar-refractivity contribution is -0.137. The lowest BCUT2D eigenvalue weighted by Gasteiger charge is -2.41. The fourth-order valence-electron chi connectivity index (χ4n) is 2.68. The summed E-state index contributed by atoms with van der Waals surface area (Å²) in [6.45, 7) is 3.85. The van der Waals surface area contributed by atoms with Crippen LogP contribution in [0, 0.1) is 0 Å². The quantitative estimate of drug-likeness (QED) is 0.910. The van der Waals surface area contributed by atoms with Gasteiger partial charge >= 0.3 is 12.2 Å². The third-order valence-electron chi connectivity index (χ3n) is 3.86. The molecule has 1 aliphatic rings. The lowest BCUT2D eigenvalue weighted by Crippen LogP contribution is -2.55. The summed E-state index contributed by atoms with van der Waals surface area (Å²) in [5, 5.41) is 0. The van der Waals surface area contributed by atoms with E-state index in [0.29, 0.717) is 24.4 Å². The maximum atomic E-state index is 12.9. The van der Waals surface area contributed by atoms with E-state index in [1.807, 2.05) is 6.92 Å². The van der Waals surface area contributed by atoms with Gasteiger partial charge in [-0.2, -0.15) is 13.2 Å². The Morgan fingerprint density at radius 3 is 2.54 bits per heavy atom. The monoisotopic (exact) mass is 343 g/mol. The van der Waals surface area contributed by atoms with Gasteiger partial charge in [-0.3, -0.25) is 9.80 Å². The van der Waals surface area contributed by atoms with Crippen molar-refractivity contribution in [1.29, 1.82) is 0 Å². The molecule has 5 nitrogen and oxygen atoms in total. The number of methoxy groups -OCH3 is 1. The second-order valence-corrected chi connectivity index (χ2v) is 5.49. The Balaban J connectivity index is 2.53. The topological polar surface area (TPSA) is 58.8 Å². The summed E-state index contributed by atoms with van der Waals surface area (Å²) in [5.41, 5.74) is 6.01. The molecule has 1 heterocycles. The number of hydrogen-bond acceptors (Lipinski definition) is 3. The van der Waals surface area contributed by atoms with E-state index in [9.17, 15) is 18.0 Å². The Bertz CT molecular complexity index is 658. The fraction of sp³-hybridized carbons (Fsp3) is 0.438. The molecule has 0 spiro atoms. The molecule has 1 unspecified atom stereocenters. The van der Waals surface area contributed by atoms with Gasteiger partial charge in [-0.1, -0.05) is 13.0 Å². The number of alkyl halides is 3. The zero-order chi connectivity index (χ0) is 18.1. The smallest absolute Gasteiger partial charge is 0.397 e. The van der Waals surface area contributed by atoms with Crippen molar-refractivity contribution >= 4 is 11.7 Å². The van der Waals surface area contributed by atoms with Crippen LogP contribution in [0.3, 0.4) is 0 Å². The minimum absolute atomic E-state index is 0.117. The maximum Gasteiger partial charge on any atom is 0.416 e. The number of nitrogens with zero attached hydrogens (tertiary/aromatic N) is 2. The number of benzene rings is 1. The van der Waals surface area contributed by atoms with Crippen LogP contribution >= 0.6 is 0 Å². The van der Waals surface area contributed by atoms with Crippen LogP contribution in [0.25, 0.3) is 0 Å². The first-order chi connectivity index (χ1) is 11.2. The van der Waals surface area contributed by atoms with E-state index >= 15 is 0 Å². The Hall–Kier alpha value is -2.22. The Morgan fingerprint density at radius 1 is 1.33 bits per heavy atom. The number of ether oxygens (including phenoxy) is 1. The number of hydrogen-bond donors (Lipinski definition) is 1. The van der Waals surface area contributed by atoms with E-state index in [4.69, 9.17) is 10.5 Å². The van der Waals surface area contributed by atoms with Crippen LogP contribution in [0.5, 0.6) is 0 Å². The van der Waals surface area contributed by atoms with Gasteiger partial charge in [-0.25, -0.2) is 4.79 Å². The summed E-state index contributed by atoms with van der Waals surface area (Å²) < 4.78 is 44.1. The molecule has 2 N–H and O–H groups in total. The standard InChI is InChI=1S/C16H20F3N3O2/c1-4-8-21-14(24-3)13(20)10(2)22(15(21)23)12-7-5-6-11(9-12)16(17,18)19/h5-7,9,14H,4,8,20H2,1-3H3. The van der Waals surface area contributed by atoms with Crippen molar-refractivity contribution < 1.29 is 22.7 Å². The third-order valence-corrected chi connectivity index (χ3v) is 3.86. The third kappa shape index (κ3) is 3.19. The van der Waals surface area contributed by atoms with Crippen molar-refractivity contribution in [1.82, 2.24) is 4.90 Å². The van der Waals surface area contributed by atoms with Gasteiger partial charge in [0.1, 0.15) is 0 Å². The summed E-state index contributed by atoms with van der Waals surface area (Å²) in [6.07, 6.45) is -4.55. The van der Waals surface area contributed by atoms with Crippen molar-refractivity contribution in [2.24, 2.45) is 5.73 Å². The van der Waals surface area contributed by atoms with Gasteiger partial charge in [-0.15, -0.1) is 0 Å². The molecule has 1 atom stereocenters. The Kier molecular flexibility index (Phi) is 5.08. The molecule has 2 rings (SSSR count). The molecule has 8 heteroatoms. The van der Waals surface area contributed by atoms with Crippen molar-refractivity contribution in [3.63, 3.8) is 0 Å². The van der Waals surface area contributed by atoms with Gasteiger partial charge in [0.05, 0.1) is 16.9 Å². The average Bonchev–Trinajstić information content (AvgIpc) is 2.53. The molecule has 0 saturated heterocycles. The molecular formula is C16H20F3N3O2. The lowest BCUT2D eigenvalue weighted by atomic mass is 10.1. The molecule has 24 heavy (non-hydrogen) atoms. The highest BCUT2D eigenvalue weighted by molar-refractivity contribution is 5.96. The highest BCUT2D eigenvalue weighted by atomic mass is 19.4. The first kappa shape index (κ1) is 18.1. The first-order valence-electron chi connectivity index (χ1n) is 7.49. The minimum Gasteiger partial charge on any atom is -0.397 e. The van der Waals surface area contributed by atoms with E-state index in [1.54, 1.807) is 6.92 Å². The zero-order valence-electron chi connectivity index (χ0n) is 13.7. The Labute approximate surface area is 138 Å². The molecule has 1 aromatic carbocycles. The molecule has 2 amide bonds. The number of amides is 2. The summed E-state index contributed by atoms with van der Waals surface area (Å²) >= 11 is 0. The van der Waals surface area contributed by atoms with Crippen LogP contribution in [0.15, 0.2) is 35.7 Å². The number of nitrogens with two attached hydrogens (primary N) is 1. The van der Waals surface area contributed by atoms with Crippen LogP contribution < -0.4 is 10.6 Å². The van der Waals surface area contributed by atoms with E-state index in [2.05, 4.69) is 0 Å². The van der Waals surface area contributed by atoms with E-state index < -0.39 is 24.0 Å². The number of carbonyl (C=O) groups excluding carboxylic acids is 1. The Morgan fingerprint density at radius 2 is 2.00 bits per heavy atom. The number of rotatable bonds is 4. The van der Waals surface area contributed by atoms with Gasteiger partial charge in [0.15, 0.2) is 6.23 Å². The minimum atomic E-state index is -4.49. The van der Waals surface area contributed by atoms with Gasteiger partial charge < -0.3 is 10.5 Å². The number of anilines is 1. The molecule has 0 saturated carbocycles. The molecule has 0 aromatic heterocycles. The van der Waals surface area contributed by atoms with Crippen LogP contribution in [-0.4, -0.2) is 30.8 Å². The molecule has 0 radical (unpaired) electrons. The van der Waals surface area contributed by atoms with Crippen molar-refractivity contribution in [3.05, 3.63) is 41.2 Å². The average molecular weight is 343 g/mol. The maximum absolute atomic E-state index is 12.9. The van der Waals surface area contributed by atoms with E-state index in [1.165, 1.54) is 29.0 Å². The molecule has 0 fully saturated rings. The molecule has 132 valence electrons. The van der Waals surface area contributed by atoms with Gasteiger partial charge in [0.2, 0.25) is 0 Å². The van der Waals surface area contributed by atoms with E-state index in [0.717, 1.165) is 12.1 Å². The highest BCUT2D eigenvalue weighted by Gasteiger charge is 2.38. The SMILES string of the molecule is CCCN1C(=O)N(c2cccc(C(F)(F)F)c2)C(C)=C(N)C1OC. The normalized spacial score (nSPS) is 19.2. The number of allylic oxidation sites excluding steroid dienone is 1. The van der Waals surface area contributed by atoms with Crippen molar-refractivity contribution in [2.45, 2.75) is 32.7 Å². The van der Waals surface area contributed by atoms with Crippen LogP contribution in [0.2, 0.25) is 0 Å². The van der Waals surface area contributed by atoms with Gasteiger partial charge in [-0.05, 0) is 31.5 Å². The first-order valence-corrected chi connectivity index (χ1v) is 7.49. The number of carbonyl (C=O) groups is 1. The molecule has 0 bridgehead atoms. The fourth-order valence-corrected chi connectivity index (χ4v) is 2.68. The van der Waals surface area contributed by atoms with Crippen LogP contribution in [0.4, 0.5) is 23.7 Å². The summed E-state index contributed by atoms with van der Waals surface area (Å²) in [7, 11) is 1.43. The van der Waals surface area contributed by atoms with Crippen LogP contribution in [-0.2, 0) is 10.9 Å². The molecule has 1 aliphatic heterocycles. The number of halogens is 3.